The molecule has 1 saturated heterocycles. The summed E-state index contributed by atoms with van der Waals surface area (Å²) < 4.78 is 0. The van der Waals surface area contributed by atoms with Gasteiger partial charge in [-0.1, -0.05) is 18.6 Å². The summed E-state index contributed by atoms with van der Waals surface area (Å²) in [5.74, 6) is -0.986. The van der Waals surface area contributed by atoms with Crippen LogP contribution in [0.3, 0.4) is 0 Å². The van der Waals surface area contributed by atoms with Gasteiger partial charge in [-0.2, -0.15) is 0 Å². The topological polar surface area (TPSA) is 61.4 Å². The lowest BCUT2D eigenvalue weighted by Gasteiger charge is -2.27. The van der Waals surface area contributed by atoms with E-state index in [-0.39, 0.29) is 0 Å². The van der Waals surface area contributed by atoms with Crippen molar-refractivity contribution in [2.24, 2.45) is 0 Å². The minimum atomic E-state index is -0.538. The van der Waals surface area contributed by atoms with E-state index >= 15 is 0 Å². The summed E-state index contributed by atoms with van der Waals surface area (Å²) in [4.78, 5) is 23.5. The van der Waals surface area contributed by atoms with Crippen LogP contribution in [0.2, 0.25) is 0 Å². The monoisotopic (exact) mass is 235 g/mol. The number of nitrogens with one attached hydrogen (secondary N) is 2. The molecule has 0 aromatic rings. The van der Waals surface area contributed by atoms with Gasteiger partial charge in [0.2, 0.25) is 5.78 Å². The van der Waals surface area contributed by atoms with Crippen molar-refractivity contribution in [1.29, 1.82) is 0 Å². The third-order valence-corrected chi connectivity index (χ3v) is 2.91. The van der Waals surface area contributed by atoms with Crippen molar-refractivity contribution in [3.05, 3.63) is 24.4 Å². The standard InChI is InChI=1S/C12H17N3O2/c16-11(10-6-2-3-7-13-10)12(17)14-15-8-4-1-5-9-15/h2-3,6-7,10,13H,1,4-5,8-9H2,(H,14,17). The van der Waals surface area contributed by atoms with E-state index in [1.165, 1.54) is 6.42 Å². The number of ketones is 1. The van der Waals surface area contributed by atoms with E-state index in [0.29, 0.717) is 0 Å². The molecule has 0 aromatic carbocycles. The number of dihydropyridines is 1. The van der Waals surface area contributed by atoms with Crippen molar-refractivity contribution in [3.8, 4) is 0 Å². The molecule has 0 aliphatic carbocycles. The molecule has 5 nitrogen and oxygen atoms in total. The van der Waals surface area contributed by atoms with Gasteiger partial charge in [-0.15, -0.1) is 0 Å². The molecule has 2 rings (SSSR count). The largest absolute Gasteiger partial charge is 0.378 e. The van der Waals surface area contributed by atoms with Gasteiger partial charge in [-0.3, -0.25) is 15.0 Å². The van der Waals surface area contributed by atoms with Gasteiger partial charge < -0.3 is 5.32 Å². The van der Waals surface area contributed by atoms with Gasteiger partial charge in [0.05, 0.1) is 0 Å². The molecule has 92 valence electrons. The molecule has 2 aliphatic heterocycles. The molecule has 0 aromatic heterocycles. The van der Waals surface area contributed by atoms with Crippen molar-refractivity contribution in [2.75, 3.05) is 13.1 Å². The molecule has 2 N–H and O–H groups in total. The van der Waals surface area contributed by atoms with Crippen molar-refractivity contribution in [3.63, 3.8) is 0 Å². The Balaban J connectivity index is 1.84. The van der Waals surface area contributed by atoms with Gasteiger partial charge in [0.1, 0.15) is 6.04 Å². The van der Waals surface area contributed by atoms with Crippen LogP contribution in [0, 0.1) is 0 Å². The number of rotatable bonds is 3. The van der Waals surface area contributed by atoms with Gasteiger partial charge in [-0.25, -0.2) is 5.01 Å². The molecule has 0 bridgehead atoms. The van der Waals surface area contributed by atoms with Crippen molar-refractivity contribution in [1.82, 2.24) is 15.8 Å². The highest BCUT2D eigenvalue weighted by molar-refractivity contribution is 6.38. The number of hydrazine groups is 1. The van der Waals surface area contributed by atoms with E-state index in [0.717, 1.165) is 25.9 Å². The Hall–Kier alpha value is -1.62. The molecule has 1 fully saturated rings. The van der Waals surface area contributed by atoms with E-state index in [2.05, 4.69) is 10.7 Å². The Morgan fingerprint density at radius 1 is 1.18 bits per heavy atom. The Bertz CT molecular complexity index is 357. The summed E-state index contributed by atoms with van der Waals surface area (Å²) in [6.45, 7) is 1.65. The Kier molecular flexibility index (Phi) is 3.93. The second-order valence-corrected chi connectivity index (χ2v) is 4.24. The van der Waals surface area contributed by atoms with Crippen LogP contribution < -0.4 is 10.7 Å². The third-order valence-electron chi connectivity index (χ3n) is 2.91. The lowest BCUT2D eigenvalue weighted by molar-refractivity contribution is -0.141. The van der Waals surface area contributed by atoms with E-state index in [1.54, 1.807) is 24.4 Å². The highest BCUT2D eigenvalue weighted by atomic mass is 16.2. The predicted octanol–water partition coefficient (Wildman–Crippen LogP) is 0.114. The lowest BCUT2D eigenvalue weighted by atomic mass is 10.1. The first-order valence-electron chi connectivity index (χ1n) is 5.96. The Morgan fingerprint density at radius 2 is 1.94 bits per heavy atom. The van der Waals surface area contributed by atoms with E-state index in [1.807, 2.05) is 5.01 Å². The summed E-state index contributed by atoms with van der Waals surface area (Å²) in [6, 6.07) is -0.537. The maximum Gasteiger partial charge on any atom is 0.304 e. The number of hydrogen-bond donors (Lipinski definition) is 2. The van der Waals surface area contributed by atoms with Crippen LogP contribution in [0.25, 0.3) is 0 Å². The van der Waals surface area contributed by atoms with Crippen LogP contribution in [-0.2, 0) is 9.59 Å². The van der Waals surface area contributed by atoms with Gasteiger partial charge in [-0.05, 0) is 25.1 Å². The number of allylic oxidation sites excluding steroid dienone is 2. The van der Waals surface area contributed by atoms with Crippen molar-refractivity contribution >= 4 is 11.7 Å². The zero-order valence-corrected chi connectivity index (χ0v) is 9.69. The SMILES string of the molecule is O=C(NN1CCCCC1)C(=O)C1C=CC=CN1. The fraction of sp³-hybridized carbons (Fsp3) is 0.500. The molecule has 2 heterocycles. The molecular weight excluding hydrogens is 218 g/mol. The molecule has 5 heteroatoms. The molecular formula is C12H17N3O2. The van der Waals surface area contributed by atoms with Crippen LogP contribution in [-0.4, -0.2) is 35.8 Å². The molecule has 1 unspecified atom stereocenters. The molecule has 0 spiro atoms. The van der Waals surface area contributed by atoms with E-state index < -0.39 is 17.7 Å². The first kappa shape index (κ1) is 11.9. The number of piperidine rings is 1. The van der Waals surface area contributed by atoms with Gasteiger partial charge in [0.25, 0.3) is 0 Å². The lowest BCUT2D eigenvalue weighted by Crippen LogP contribution is -2.51. The second kappa shape index (κ2) is 5.63. The van der Waals surface area contributed by atoms with Crippen LogP contribution >= 0.6 is 0 Å². The number of amides is 1. The highest BCUT2D eigenvalue weighted by Crippen LogP contribution is 2.06. The minimum absolute atomic E-state index is 0.448. The average Bonchev–Trinajstić information content (AvgIpc) is 2.40. The highest BCUT2D eigenvalue weighted by Gasteiger charge is 2.24. The maximum absolute atomic E-state index is 11.8. The van der Waals surface area contributed by atoms with Crippen molar-refractivity contribution < 1.29 is 9.59 Å². The molecule has 0 radical (unpaired) electrons. The third kappa shape index (κ3) is 3.17. The van der Waals surface area contributed by atoms with E-state index in [4.69, 9.17) is 0 Å². The minimum Gasteiger partial charge on any atom is -0.378 e. The van der Waals surface area contributed by atoms with E-state index in [9.17, 15) is 9.59 Å². The van der Waals surface area contributed by atoms with Crippen LogP contribution in [0.4, 0.5) is 0 Å². The summed E-state index contributed by atoms with van der Waals surface area (Å²) in [7, 11) is 0. The fourth-order valence-corrected chi connectivity index (χ4v) is 1.95. The Labute approximate surface area is 101 Å². The number of Topliss-reactive ketones (excluding diaryl/α,β-unsaturated/α-hetero) is 1. The Morgan fingerprint density at radius 3 is 2.59 bits per heavy atom. The van der Waals surface area contributed by atoms with Crippen LogP contribution in [0.5, 0.6) is 0 Å². The maximum atomic E-state index is 11.8. The summed E-state index contributed by atoms with van der Waals surface area (Å²) in [6.07, 6.45) is 10.2. The number of carbonyl (C=O) groups is 2. The van der Waals surface area contributed by atoms with Gasteiger partial charge in [0.15, 0.2) is 0 Å². The molecule has 1 amide bonds. The predicted molar refractivity (Wildman–Crippen MR) is 63.8 cm³/mol. The number of carbonyl (C=O) groups excluding carboxylic acids is 2. The molecule has 0 saturated carbocycles. The summed E-state index contributed by atoms with van der Waals surface area (Å²) >= 11 is 0. The summed E-state index contributed by atoms with van der Waals surface area (Å²) in [5, 5.41) is 4.67. The molecule has 2 aliphatic rings. The fourth-order valence-electron chi connectivity index (χ4n) is 1.95. The van der Waals surface area contributed by atoms with Crippen LogP contribution in [0.15, 0.2) is 24.4 Å². The van der Waals surface area contributed by atoms with Gasteiger partial charge >= 0.3 is 5.91 Å². The number of nitrogens with zero attached hydrogens (tertiary/aromatic N) is 1. The first-order chi connectivity index (χ1) is 8.27. The molecule has 17 heavy (non-hydrogen) atoms. The smallest absolute Gasteiger partial charge is 0.304 e. The van der Waals surface area contributed by atoms with Crippen molar-refractivity contribution in [2.45, 2.75) is 25.3 Å². The van der Waals surface area contributed by atoms with Crippen LogP contribution in [0.1, 0.15) is 19.3 Å². The zero-order valence-electron chi connectivity index (χ0n) is 9.69. The van der Waals surface area contributed by atoms with Gasteiger partial charge in [0, 0.05) is 13.1 Å². The summed E-state index contributed by atoms with van der Waals surface area (Å²) in [5.41, 5.74) is 2.66. The first-order valence-corrected chi connectivity index (χ1v) is 5.96. The quantitative estimate of drug-likeness (QED) is 0.682. The second-order valence-electron chi connectivity index (χ2n) is 4.24. The molecule has 1 atom stereocenters. The average molecular weight is 235 g/mol. The number of hydrogen-bond acceptors (Lipinski definition) is 4. The zero-order chi connectivity index (χ0) is 12.1. The normalized spacial score (nSPS) is 24.1.